The minimum absolute atomic E-state index is 0.787. The molecule has 0 aliphatic heterocycles. The van der Waals surface area contributed by atoms with E-state index in [9.17, 15) is 0 Å². The highest BCUT2D eigenvalue weighted by molar-refractivity contribution is 9.10. The van der Waals surface area contributed by atoms with Gasteiger partial charge in [0, 0.05) is 32.0 Å². The second-order valence-corrected chi connectivity index (χ2v) is 4.03. The van der Waals surface area contributed by atoms with E-state index < -0.39 is 0 Å². The molecular weight excluding hydrogens is 258 g/mol. The monoisotopic (exact) mass is 269 g/mol. The lowest BCUT2D eigenvalue weighted by Crippen LogP contribution is -2.19. The molecule has 0 atom stereocenters. The lowest BCUT2D eigenvalue weighted by molar-refractivity contribution is 0.591. The average molecular weight is 270 g/mol. The van der Waals surface area contributed by atoms with E-state index in [-0.39, 0.29) is 0 Å². The molecule has 0 saturated heterocycles. The fourth-order valence-electron chi connectivity index (χ4n) is 1.26. The molecule has 0 spiro atoms. The first kappa shape index (κ1) is 10.4. The first-order valence-corrected chi connectivity index (χ1v) is 5.50. The van der Waals surface area contributed by atoms with Gasteiger partial charge in [0.25, 0.3) is 0 Å². The van der Waals surface area contributed by atoms with Crippen molar-refractivity contribution in [3.05, 3.63) is 35.1 Å². The van der Waals surface area contributed by atoms with E-state index in [2.05, 4.69) is 36.4 Å². The topological polar surface area (TPSA) is 58.5 Å². The van der Waals surface area contributed by atoms with E-state index in [0.29, 0.717) is 0 Å². The number of H-pyrrole nitrogens is 1. The van der Waals surface area contributed by atoms with Crippen LogP contribution in [0.2, 0.25) is 0 Å². The highest BCUT2D eigenvalue weighted by Gasteiger charge is 1.99. The van der Waals surface area contributed by atoms with Crippen molar-refractivity contribution in [2.24, 2.45) is 0 Å². The van der Waals surface area contributed by atoms with Crippen LogP contribution in [0.15, 0.2) is 29.4 Å². The summed E-state index contributed by atoms with van der Waals surface area (Å²) < 4.78 is 3.05. The molecule has 0 saturated carbocycles. The number of rotatable bonds is 5. The Hall–Kier alpha value is -1.14. The van der Waals surface area contributed by atoms with Gasteiger partial charge in [-0.05, 0) is 15.9 Å². The molecule has 0 bridgehead atoms. The number of aromatic nitrogens is 4. The maximum Gasteiger partial charge on any atom is 0.0946 e. The highest BCUT2D eigenvalue weighted by Crippen LogP contribution is 2.11. The summed E-state index contributed by atoms with van der Waals surface area (Å²) in [5.74, 6) is 0. The zero-order valence-electron chi connectivity index (χ0n) is 8.15. The second-order valence-electron chi connectivity index (χ2n) is 3.17. The normalized spacial score (nSPS) is 10.7. The SMILES string of the molecule is Brc1cn[nH]c1CNCCn1ccnc1. The van der Waals surface area contributed by atoms with E-state index in [1.165, 1.54) is 0 Å². The van der Waals surface area contributed by atoms with Crippen molar-refractivity contribution < 1.29 is 0 Å². The molecule has 5 nitrogen and oxygen atoms in total. The number of hydrogen-bond acceptors (Lipinski definition) is 3. The molecule has 80 valence electrons. The number of nitrogens with zero attached hydrogens (tertiary/aromatic N) is 3. The Bertz CT molecular complexity index is 394. The van der Waals surface area contributed by atoms with Crippen molar-refractivity contribution in [3.8, 4) is 0 Å². The van der Waals surface area contributed by atoms with E-state index in [4.69, 9.17) is 0 Å². The average Bonchev–Trinajstić information content (AvgIpc) is 2.85. The zero-order valence-corrected chi connectivity index (χ0v) is 9.74. The number of imidazole rings is 1. The molecule has 0 fully saturated rings. The molecule has 0 aliphatic rings. The summed E-state index contributed by atoms with van der Waals surface area (Å²) in [5.41, 5.74) is 1.07. The summed E-state index contributed by atoms with van der Waals surface area (Å²) in [5, 5.41) is 10.2. The molecule has 0 aliphatic carbocycles. The Labute approximate surface area is 96.0 Å². The van der Waals surface area contributed by atoms with Crippen LogP contribution in [0, 0.1) is 0 Å². The Morgan fingerprint density at radius 1 is 1.53 bits per heavy atom. The van der Waals surface area contributed by atoms with Gasteiger partial charge in [0.15, 0.2) is 0 Å². The van der Waals surface area contributed by atoms with Crippen LogP contribution in [0.25, 0.3) is 0 Å². The summed E-state index contributed by atoms with van der Waals surface area (Å²) in [4.78, 5) is 3.98. The van der Waals surface area contributed by atoms with Gasteiger partial charge in [-0.15, -0.1) is 0 Å². The predicted octanol–water partition coefficient (Wildman–Crippen LogP) is 1.16. The van der Waals surface area contributed by atoms with Crippen LogP contribution in [0.3, 0.4) is 0 Å². The number of hydrogen-bond donors (Lipinski definition) is 2. The fourth-order valence-corrected chi connectivity index (χ4v) is 1.59. The third kappa shape index (κ3) is 2.90. The molecule has 2 rings (SSSR count). The molecule has 0 amide bonds. The van der Waals surface area contributed by atoms with Crippen LogP contribution in [0.5, 0.6) is 0 Å². The van der Waals surface area contributed by atoms with Gasteiger partial charge >= 0.3 is 0 Å². The number of aromatic amines is 1. The summed E-state index contributed by atoms with van der Waals surface area (Å²) in [6.45, 7) is 2.61. The van der Waals surface area contributed by atoms with Crippen molar-refractivity contribution in [2.45, 2.75) is 13.1 Å². The molecule has 15 heavy (non-hydrogen) atoms. The smallest absolute Gasteiger partial charge is 0.0946 e. The molecule has 2 aromatic heterocycles. The molecule has 0 unspecified atom stereocenters. The quantitative estimate of drug-likeness (QED) is 0.801. The van der Waals surface area contributed by atoms with Crippen LogP contribution < -0.4 is 5.32 Å². The van der Waals surface area contributed by atoms with Gasteiger partial charge in [0.1, 0.15) is 0 Å². The molecule has 2 heterocycles. The standard InChI is InChI=1S/C9H12BrN5/c10-8-5-13-14-9(8)6-11-1-3-15-4-2-12-7-15/h2,4-5,7,11H,1,3,6H2,(H,13,14). The van der Waals surface area contributed by atoms with E-state index in [1.54, 1.807) is 12.4 Å². The van der Waals surface area contributed by atoms with Crippen molar-refractivity contribution in [1.82, 2.24) is 25.1 Å². The second kappa shape index (κ2) is 5.09. The third-order valence-corrected chi connectivity index (χ3v) is 2.76. The van der Waals surface area contributed by atoms with Gasteiger partial charge in [-0.3, -0.25) is 5.10 Å². The molecule has 2 N–H and O–H groups in total. The fraction of sp³-hybridized carbons (Fsp3) is 0.333. The van der Waals surface area contributed by atoms with Crippen molar-refractivity contribution >= 4 is 15.9 Å². The Balaban J connectivity index is 1.70. The largest absolute Gasteiger partial charge is 0.336 e. The third-order valence-electron chi connectivity index (χ3n) is 2.07. The maximum atomic E-state index is 3.98. The Kier molecular flexibility index (Phi) is 3.52. The molecule has 6 heteroatoms. The van der Waals surface area contributed by atoms with Crippen LogP contribution in [-0.4, -0.2) is 26.3 Å². The van der Waals surface area contributed by atoms with Crippen LogP contribution in [0.1, 0.15) is 5.69 Å². The first-order valence-electron chi connectivity index (χ1n) is 4.70. The molecular formula is C9H12BrN5. The van der Waals surface area contributed by atoms with E-state index in [0.717, 1.165) is 29.8 Å². The molecule has 0 radical (unpaired) electrons. The first-order chi connectivity index (χ1) is 7.36. The van der Waals surface area contributed by atoms with Gasteiger partial charge in [-0.1, -0.05) is 0 Å². The summed E-state index contributed by atoms with van der Waals surface area (Å²) in [6, 6.07) is 0. The summed E-state index contributed by atoms with van der Waals surface area (Å²) in [6.07, 6.45) is 7.31. The minimum Gasteiger partial charge on any atom is -0.336 e. The maximum absolute atomic E-state index is 3.98. The number of nitrogens with one attached hydrogen (secondary N) is 2. The van der Waals surface area contributed by atoms with Crippen LogP contribution in [0.4, 0.5) is 0 Å². The van der Waals surface area contributed by atoms with Crippen molar-refractivity contribution in [3.63, 3.8) is 0 Å². The molecule has 0 aromatic carbocycles. The lowest BCUT2D eigenvalue weighted by Gasteiger charge is -2.04. The van der Waals surface area contributed by atoms with Gasteiger partial charge in [0.2, 0.25) is 0 Å². The zero-order chi connectivity index (χ0) is 10.5. The minimum atomic E-state index is 0.787. The predicted molar refractivity (Wildman–Crippen MR) is 60.2 cm³/mol. The lowest BCUT2D eigenvalue weighted by atomic mass is 10.4. The van der Waals surface area contributed by atoms with Gasteiger partial charge < -0.3 is 9.88 Å². The summed E-state index contributed by atoms with van der Waals surface area (Å²) in [7, 11) is 0. The van der Waals surface area contributed by atoms with Gasteiger partial charge in [-0.2, -0.15) is 5.10 Å². The summed E-state index contributed by atoms with van der Waals surface area (Å²) >= 11 is 3.41. The Morgan fingerprint density at radius 3 is 3.13 bits per heavy atom. The highest BCUT2D eigenvalue weighted by atomic mass is 79.9. The Morgan fingerprint density at radius 2 is 2.47 bits per heavy atom. The molecule has 2 aromatic rings. The van der Waals surface area contributed by atoms with Gasteiger partial charge in [-0.25, -0.2) is 4.98 Å². The van der Waals surface area contributed by atoms with Crippen LogP contribution in [-0.2, 0) is 13.1 Å². The van der Waals surface area contributed by atoms with E-state index in [1.807, 2.05) is 17.1 Å². The number of halogens is 1. The van der Waals surface area contributed by atoms with Gasteiger partial charge in [0.05, 0.1) is 22.7 Å². The van der Waals surface area contributed by atoms with Crippen molar-refractivity contribution in [2.75, 3.05) is 6.54 Å². The van der Waals surface area contributed by atoms with Crippen molar-refractivity contribution in [1.29, 1.82) is 0 Å². The van der Waals surface area contributed by atoms with E-state index >= 15 is 0 Å². The van der Waals surface area contributed by atoms with Crippen LogP contribution >= 0.6 is 15.9 Å².